The van der Waals surface area contributed by atoms with E-state index in [9.17, 15) is 0 Å². The molecule has 2 rings (SSSR count). The molecule has 0 fully saturated rings. The van der Waals surface area contributed by atoms with Crippen LogP contribution >= 0.6 is 15.9 Å². The molecule has 0 saturated heterocycles. The molecule has 1 aromatic carbocycles. The van der Waals surface area contributed by atoms with Crippen molar-refractivity contribution in [2.45, 2.75) is 32.6 Å². The van der Waals surface area contributed by atoms with Crippen molar-refractivity contribution in [1.82, 2.24) is 15.2 Å². The van der Waals surface area contributed by atoms with E-state index in [0.29, 0.717) is 5.92 Å². The van der Waals surface area contributed by atoms with Crippen LogP contribution in [0.3, 0.4) is 0 Å². The minimum atomic E-state index is 0.378. The number of hydrogen-bond donors (Lipinski definition) is 1. The van der Waals surface area contributed by atoms with Gasteiger partial charge in [-0.05, 0) is 18.1 Å². The van der Waals surface area contributed by atoms with Crippen molar-refractivity contribution in [2.24, 2.45) is 0 Å². The lowest BCUT2D eigenvalue weighted by Crippen LogP contribution is -1.95. The topological polar surface area (TPSA) is 41.6 Å². The molecular weight excluding hydrogens is 278 g/mol. The first-order valence-corrected chi connectivity index (χ1v) is 6.60. The second kappa shape index (κ2) is 5.45. The molecule has 3 nitrogen and oxygen atoms in total. The molecule has 0 aliphatic heterocycles. The van der Waals surface area contributed by atoms with Gasteiger partial charge < -0.3 is 0 Å². The summed E-state index contributed by atoms with van der Waals surface area (Å²) in [4.78, 5) is 4.47. The number of nitrogens with one attached hydrogen (secondary N) is 1. The quantitative estimate of drug-likeness (QED) is 0.938. The monoisotopic (exact) mass is 293 g/mol. The maximum atomic E-state index is 4.47. The third-order valence-electron chi connectivity index (χ3n) is 2.65. The molecule has 1 N–H and O–H groups in total. The Bertz CT molecular complexity index is 491. The second-order valence-corrected chi connectivity index (χ2v) is 5.24. The summed E-state index contributed by atoms with van der Waals surface area (Å²) in [6.45, 7) is 4.20. The Morgan fingerprint density at radius 3 is 2.65 bits per heavy atom. The van der Waals surface area contributed by atoms with Crippen LogP contribution in [0.4, 0.5) is 0 Å². The van der Waals surface area contributed by atoms with Crippen molar-refractivity contribution < 1.29 is 0 Å². The smallest absolute Gasteiger partial charge is 0.153 e. The fraction of sp³-hybridized carbons (Fsp3) is 0.385. The SMILES string of the molecule is CC(C)c1n[nH]c(CCc2ccccc2Br)n1. The minimum absolute atomic E-state index is 0.378. The van der Waals surface area contributed by atoms with Gasteiger partial charge in [0.05, 0.1) is 0 Å². The first kappa shape index (κ1) is 12.3. The lowest BCUT2D eigenvalue weighted by atomic mass is 10.1. The standard InChI is InChI=1S/C13H16BrN3/c1-9(2)13-15-12(16-17-13)8-7-10-5-3-4-6-11(10)14/h3-6,9H,7-8H2,1-2H3,(H,15,16,17). The molecule has 0 atom stereocenters. The number of H-pyrrole nitrogens is 1. The Kier molecular flexibility index (Phi) is 3.94. The summed E-state index contributed by atoms with van der Waals surface area (Å²) in [5, 5.41) is 7.20. The summed E-state index contributed by atoms with van der Waals surface area (Å²) < 4.78 is 1.16. The van der Waals surface area contributed by atoms with Gasteiger partial charge >= 0.3 is 0 Å². The molecule has 1 aromatic heterocycles. The molecule has 0 amide bonds. The van der Waals surface area contributed by atoms with Crippen LogP contribution in [0.1, 0.15) is 37.0 Å². The van der Waals surface area contributed by atoms with Crippen LogP contribution in [0.15, 0.2) is 28.7 Å². The summed E-state index contributed by atoms with van der Waals surface area (Å²) in [7, 11) is 0. The zero-order valence-corrected chi connectivity index (χ0v) is 11.7. The number of nitrogens with zero attached hydrogens (tertiary/aromatic N) is 2. The summed E-state index contributed by atoms with van der Waals surface area (Å²) in [6.07, 6.45) is 1.86. The normalized spacial score (nSPS) is 11.1. The molecular formula is C13H16BrN3. The maximum Gasteiger partial charge on any atom is 0.153 e. The van der Waals surface area contributed by atoms with Crippen LogP contribution < -0.4 is 0 Å². The molecule has 0 radical (unpaired) electrons. The van der Waals surface area contributed by atoms with Crippen molar-refractivity contribution >= 4 is 15.9 Å². The average Bonchev–Trinajstić information content (AvgIpc) is 2.77. The highest BCUT2D eigenvalue weighted by Gasteiger charge is 2.07. The Morgan fingerprint density at radius 1 is 1.24 bits per heavy atom. The van der Waals surface area contributed by atoms with E-state index in [2.05, 4.69) is 63.2 Å². The van der Waals surface area contributed by atoms with Crippen LogP contribution in [-0.4, -0.2) is 15.2 Å². The van der Waals surface area contributed by atoms with Crippen LogP contribution in [0.2, 0.25) is 0 Å². The summed E-state index contributed by atoms with van der Waals surface area (Å²) >= 11 is 3.55. The zero-order valence-electron chi connectivity index (χ0n) is 10.1. The predicted molar refractivity (Wildman–Crippen MR) is 72.0 cm³/mol. The number of aromatic amines is 1. The van der Waals surface area contributed by atoms with Gasteiger partial charge in [-0.1, -0.05) is 48.0 Å². The van der Waals surface area contributed by atoms with Crippen LogP contribution in [0, 0.1) is 0 Å². The molecule has 2 aromatic rings. The van der Waals surface area contributed by atoms with E-state index in [1.165, 1.54) is 5.56 Å². The van der Waals surface area contributed by atoms with Gasteiger partial charge in [-0.25, -0.2) is 4.98 Å². The summed E-state index contributed by atoms with van der Waals surface area (Å²) in [5.74, 6) is 2.24. The fourth-order valence-corrected chi connectivity index (χ4v) is 2.12. The lowest BCUT2D eigenvalue weighted by molar-refractivity contribution is 0.780. The first-order chi connectivity index (χ1) is 8.16. The van der Waals surface area contributed by atoms with E-state index in [4.69, 9.17) is 0 Å². The van der Waals surface area contributed by atoms with Crippen molar-refractivity contribution in [3.05, 3.63) is 46.0 Å². The molecule has 0 aliphatic rings. The minimum Gasteiger partial charge on any atom is -0.263 e. The van der Waals surface area contributed by atoms with Gasteiger partial charge in [0, 0.05) is 16.8 Å². The number of aryl methyl sites for hydroxylation is 2. The number of aromatic nitrogens is 3. The van der Waals surface area contributed by atoms with Crippen LogP contribution in [0.5, 0.6) is 0 Å². The van der Waals surface area contributed by atoms with E-state index in [1.54, 1.807) is 0 Å². The van der Waals surface area contributed by atoms with Crippen molar-refractivity contribution in [3.63, 3.8) is 0 Å². The summed E-state index contributed by atoms with van der Waals surface area (Å²) in [5.41, 5.74) is 1.30. The number of rotatable bonds is 4. The highest BCUT2D eigenvalue weighted by atomic mass is 79.9. The molecule has 17 heavy (non-hydrogen) atoms. The molecule has 0 bridgehead atoms. The van der Waals surface area contributed by atoms with Crippen molar-refractivity contribution in [2.75, 3.05) is 0 Å². The van der Waals surface area contributed by atoms with E-state index in [1.807, 2.05) is 6.07 Å². The van der Waals surface area contributed by atoms with Crippen LogP contribution in [0.25, 0.3) is 0 Å². The Hall–Kier alpha value is -1.16. The average molecular weight is 294 g/mol. The largest absolute Gasteiger partial charge is 0.263 e. The predicted octanol–water partition coefficient (Wildman–Crippen LogP) is 3.48. The van der Waals surface area contributed by atoms with E-state index in [0.717, 1.165) is 29.0 Å². The fourth-order valence-electron chi connectivity index (χ4n) is 1.63. The Balaban J connectivity index is 2.00. The zero-order chi connectivity index (χ0) is 12.3. The van der Waals surface area contributed by atoms with Gasteiger partial charge in [0.1, 0.15) is 5.82 Å². The van der Waals surface area contributed by atoms with Gasteiger partial charge in [-0.3, -0.25) is 5.10 Å². The van der Waals surface area contributed by atoms with Gasteiger partial charge in [-0.15, -0.1) is 0 Å². The Labute approximate surface area is 110 Å². The Morgan fingerprint density at radius 2 is 2.00 bits per heavy atom. The van der Waals surface area contributed by atoms with E-state index >= 15 is 0 Å². The van der Waals surface area contributed by atoms with Crippen LogP contribution in [-0.2, 0) is 12.8 Å². The maximum absolute atomic E-state index is 4.47. The lowest BCUT2D eigenvalue weighted by Gasteiger charge is -2.01. The highest BCUT2D eigenvalue weighted by molar-refractivity contribution is 9.10. The third kappa shape index (κ3) is 3.16. The second-order valence-electron chi connectivity index (χ2n) is 4.39. The summed E-state index contributed by atoms with van der Waals surface area (Å²) in [6, 6.07) is 8.28. The number of halogens is 1. The van der Waals surface area contributed by atoms with E-state index in [-0.39, 0.29) is 0 Å². The molecule has 0 saturated carbocycles. The van der Waals surface area contributed by atoms with Gasteiger partial charge in [0.15, 0.2) is 5.82 Å². The molecule has 0 spiro atoms. The van der Waals surface area contributed by atoms with Crippen molar-refractivity contribution in [3.8, 4) is 0 Å². The molecule has 0 aliphatic carbocycles. The first-order valence-electron chi connectivity index (χ1n) is 5.81. The molecule has 4 heteroatoms. The molecule has 0 unspecified atom stereocenters. The molecule has 1 heterocycles. The van der Waals surface area contributed by atoms with Gasteiger partial charge in [0.2, 0.25) is 0 Å². The van der Waals surface area contributed by atoms with Gasteiger partial charge in [0.25, 0.3) is 0 Å². The molecule has 90 valence electrons. The number of hydrogen-bond acceptors (Lipinski definition) is 2. The number of benzene rings is 1. The highest BCUT2D eigenvalue weighted by Crippen LogP contribution is 2.17. The van der Waals surface area contributed by atoms with Crippen molar-refractivity contribution in [1.29, 1.82) is 0 Å². The van der Waals surface area contributed by atoms with E-state index < -0.39 is 0 Å². The third-order valence-corrected chi connectivity index (χ3v) is 3.43. The van der Waals surface area contributed by atoms with Gasteiger partial charge in [-0.2, -0.15) is 5.10 Å².